The van der Waals surface area contributed by atoms with E-state index in [1.54, 1.807) is 38.3 Å². The van der Waals surface area contributed by atoms with Crippen LogP contribution in [0.3, 0.4) is 0 Å². The number of aliphatic hydroxyl groups excluding tert-OH is 1. The molecule has 2 amide bonds. The number of nitrogens with zero attached hydrogens (tertiary/aromatic N) is 1. The van der Waals surface area contributed by atoms with Crippen molar-refractivity contribution in [1.29, 1.82) is 0 Å². The predicted molar refractivity (Wildman–Crippen MR) is 118 cm³/mol. The van der Waals surface area contributed by atoms with E-state index < -0.39 is 35.0 Å². The van der Waals surface area contributed by atoms with Gasteiger partial charge in [0.15, 0.2) is 0 Å². The Morgan fingerprint density at radius 1 is 1.30 bits per heavy atom. The first-order chi connectivity index (χ1) is 15.7. The average molecular weight is 461 g/mol. The molecule has 0 saturated carbocycles. The number of hydrogen-bond acceptors (Lipinski definition) is 7. The number of carbonyl (C=O) groups is 3. The van der Waals surface area contributed by atoms with Crippen LogP contribution in [0.25, 0.3) is 0 Å². The SMILES string of the molecule is CCOC(=O)[C@H]1[C@H]2C(=O)N(CCCO)C(C(=O)Nc3ccc(OC)cc3)C23CC(C)[C@]1(C)O3. The van der Waals surface area contributed by atoms with Gasteiger partial charge in [0.05, 0.1) is 25.2 Å². The summed E-state index contributed by atoms with van der Waals surface area (Å²) in [5, 5.41) is 12.3. The Hall–Kier alpha value is -2.65. The molecule has 1 aromatic rings. The highest BCUT2D eigenvalue weighted by Crippen LogP contribution is 2.65. The van der Waals surface area contributed by atoms with Gasteiger partial charge in [-0.15, -0.1) is 0 Å². The van der Waals surface area contributed by atoms with Crippen molar-refractivity contribution >= 4 is 23.5 Å². The highest BCUT2D eigenvalue weighted by molar-refractivity contribution is 6.03. The first-order valence-corrected chi connectivity index (χ1v) is 11.5. The molecule has 6 atom stereocenters. The number of amides is 2. The number of aliphatic hydroxyl groups is 1. The van der Waals surface area contributed by atoms with Crippen LogP contribution in [-0.4, -0.2) is 71.9 Å². The Labute approximate surface area is 193 Å². The fraction of sp³-hybridized carbons (Fsp3) is 0.625. The van der Waals surface area contributed by atoms with Crippen LogP contribution in [0.15, 0.2) is 24.3 Å². The van der Waals surface area contributed by atoms with Crippen molar-refractivity contribution in [2.75, 3.05) is 32.2 Å². The van der Waals surface area contributed by atoms with E-state index in [9.17, 15) is 19.5 Å². The lowest BCUT2D eigenvalue weighted by molar-refractivity contribution is -0.160. The molecule has 3 unspecified atom stereocenters. The van der Waals surface area contributed by atoms with E-state index in [2.05, 4.69) is 5.32 Å². The van der Waals surface area contributed by atoms with Crippen molar-refractivity contribution in [2.24, 2.45) is 17.8 Å². The van der Waals surface area contributed by atoms with Gasteiger partial charge in [-0.25, -0.2) is 0 Å². The molecular weight excluding hydrogens is 428 g/mol. The van der Waals surface area contributed by atoms with Crippen LogP contribution >= 0.6 is 0 Å². The maximum absolute atomic E-state index is 13.7. The molecule has 3 aliphatic heterocycles. The number of likely N-dealkylation sites (tertiary alicyclic amines) is 1. The first-order valence-electron chi connectivity index (χ1n) is 11.5. The summed E-state index contributed by atoms with van der Waals surface area (Å²) in [6, 6.07) is 5.99. The first kappa shape index (κ1) is 23.5. The highest BCUT2D eigenvalue weighted by Gasteiger charge is 2.80. The van der Waals surface area contributed by atoms with Crippen LogP contribution in [0, 0.1) is 17.8 Å². The van der Waals surface area contributed by atoms with E-state index in [1.165, 1.54) is 4.90 Å². The van der Waals surface area contributed by atoms with E-state index in [0.29, 0.717) is 24.3 Å². The molecule has 4 rings (SSSR count). The summed E-state index contributed by atoms with van der Waals surface area (Å²) in [4.78, 5) is 41.8. The third-order valence-electron chi connectivity index (χ3n) is 7.52. The molecular formula is C24H32N2O7. The maximum Gasteiger partial charge on any atom is 0.312 e. The number of carbonyl (C=O) groups excluding carboxylic acids is 3. The summed E-state index contributed by atoms with van der Waals surface area (Å²) in [7, 11) is 1.56. The lowest BCUT2D eigenvalue weighted by atomic mass is 9.62. The molecule has 1 aromatic carbocycles. The Bertz CT molecular complexity index is 935. The van der Waals surface area contributed by atoms with Crippen molar-refractivity contribution in [3.63, 3.8) is 0 Å². The second kappa shape index (κ2) is 8.61. The quantitative estimate of drug-likeness (QED) is 0.566. The molecule has 2 N–H and O–H groups in total. The van der Waals surface area contributed by atoms with Gasteiger partial charge in [-0.2, -0.15) is 0 Å². The van der Waals surface area contributed by atoms with Gasteiger partial charge in [0.1, 0.15) is 23.3 Å². The second-order valence-electron chi connectivity index (χ2n) is 9.28. The molecule has 1 spiro atoms. The van der Waals surface area contributed by atoms with Gasteiger partial charge in [0.2, 0.25) is 11.8 Å². The average Bonchev–Trinajstić information content (AvgIpc) is 3.29. The normalized spacial score (nSPS) is 34.3. The minimum absolute atomic E-state index is 0.0509. The number of methoxy groups -OCH3 is 1. The molecule has 180 valence electrons. The molecule has 3 aliphatic rings. The van der Waals surface area contributed by atoms with Crippen LogP contribution in [0.1, 0.15) is 33.6 Å². The van der Waals surface area contributed by atoms with Gasteiger partial charge < -0.3 is 29.5 Å². The molecule has 0 aliphatic carbocycles. The highest BCUT2D eigenvalue weighted by atomic mass is 16.6. The van der Waals surface area contributed by atoms with Crippen molar-refractivity contribution in [3.05, 3.63) is 24.3 Å². The number of esters is 1. The topological polar surface area (TPSA) is 114 Å². The third-order valence-corrected chi connectivity index (χ3v) is 7.52. The third kappa shape index (κ3) is 3.49. The summed E-state index contributed by atoms with van der Waals surface area (Å²) in [6.07, 6.45) is 0.796. The number of hydrogen-bond donors (Lipinski definition) is 2. The van der Waals surface area contributed by atoms with E-state index in [-0.39, 0.29) is 37.5 Å². The Kier molecular flexibility index (Phi) is 6.13. The van der Waals surface area contributed by atoms with Gasteiger partial charge in [0.25, 0.3) is 0 Å². The summed E-state index contributed by atoms with van der Waals surface area (Å²) in [6.45, 7) is 5.82. The van der Waals surface area contributed by atoms with Crippen LogP contribution in [-0.2, 0) is 23.9 Å². The number of rotatable bonds is 8. The Morgan fingerprint density at radius 2 is 2.00 bits per heavy atom. The van der Waals surface area contributed by atoms with Gasteiger partial charge in [0, 0.05) is 18.8 Å². The Balaban J connectivity index is 1.72. The number of nitrogens with one attached hydrogen (secondary N) is 1. The molecule has 9 nitrogen and oxygen atoms in total. The van der Waals surface area contributed by atoms with Crippen molar-refractivity contribution in [3.8, 4) is 5.75 Å². The zero-order chi connectivity index (χ0) is 24.0. The maximum atomic E-state index is 13.7. The standard InChI is InChI=1S/C24H32N2O7/c1-5-32-22(30)18-17-21(29)26(11-6-12-27)19(24(17)13-14(2)23(18,3)33-24)20(28)25-15-7-9-16(31-4)10-8-15/h7-10,14,17-19,27H,5-6,11-13H2,1-4H3,(H,25,28)/t14?,17-,18+,19?,23-,24?/m0/s1. The number of fused-ring (bicyclic) bond motifs is 1. The van der Waals surface area contributed by atoms with Gasteiger partial charge >= 0.3 is 5.97 Å². The summed E-state index contributed by atoms with van der Waals surface area (Å²) in [5.41, 5.74) is -1.47. The molecule has 2 bridgehead atoms. The summed E-state index contributed by atoms with van der Waals surface area (Å²) < 4.78 is 17.0. The second-order valence-corrected chi connectivity index (χ2v) is 9.28. The fourth-order valence-electron chi connectivity index (χ4n) is 6.00. The van der Waals surface area contributed by atoms with Crippen molar-refractivity contribution in [2.45, 2.75) is 50.9 Å². The number of benzene rings is 1. The molecule has 9 heteroatoms. The minimum atomic E-state index is -1.13. The molecule has 33 heavy (non-hydrogen) atoms. The molecule has 3 fully saturated rings. The lowest BCUT2D eigenvalue weighted by Gasteiger charge is -2.35. The molecule has 0 radical (unpaired) electrons. The predicted octanol–water partition coefficient (Wildman–Crippen LogP) is 1.59. The largest absolute Gasteiger partial charge is 0.497 e. The van der Waals surface area contributed by atoms with Crippen LogP contribution in [0.5, 0.6) is 5.75 Å². The van der Waals surface area contributed by atoms with E-state index in [0.717, 1.165) is 0 Å². The molecule has 0 aromatic heterocycles. The van der Waals surface area contributed by atoms with Crippen LogP contribution < -0.4 is 10.1 Å². The zero-order valence-electron chi connectivity index (χ0n) is 19.5. The molecule has 3 heterocycles. The van der Waals surface area contributed by atoms with Crippen molar-refractivity contribution < 1.29 is 33.7 Å². The van der Waals surface area contributed by atoms with Crippen molar-refractivity contribution in [1.82, 2.24) is 4.90 Å². The smallest absolute Gasteiger partial charge is 0.312 e. The Morgan fingerprint density at radius 3 is 2.61 bits per heavy atom. The van der Waals surface area contributed by atoms with Gasteiger partial charge in [-0.3, -0.25) is 14.4 Å². The number of anilines is 1. The van der Waals surface area contributed by atoms with Crippen LogP contribution in [0.2, 0.25) is 0 Å². The summed E-state index contributed by atoms with van der Waals surface area (Å²) in [5.74, 6) is -2.13. The van der Waals surface area contributed by atoms with Crippen LogP contribution in [0.4, 0.5) is 5.69 Å². The van der Waals surface area contributed by atoms with E-state index >= 15 is 0 Å². The fourth-order valence-corrected chi connectivity index (χ4v) is 6.00. The number of ether oxygens (including phenoxy) is 3. The lowest BCUT2D eigenvalue weighted by Crippen LogP contribution is -2.54. The van der Waals surface area contributed by atoms with Gasteiger partial charge in [-0.05, 0) is 56.9 Å². The van der Waals surface area contributed by atoms with E-state index in [1.807, 2.05) is 13.8 Å². The van der Waals surface area contributed by atoms with Gasteiger partial charge in [-0.1, -0.05) is 6.92 Å². The monoisotopic (exact) mass is 460 g/mol. The van der Waals surface area contributed by atoms with E-state index in [4.69, 9.17) is 14.2 Å². The summed E-state index contributed by atoms with van der Waals surface area (Å²) >= 11 is 0. The minimum Gasteiger partial charge on any atom is -0.497 e. The zero-order valence-corrected chi connectivity index (χ0v) is 19.5. The molecule has 3 saturated heterocycles.